The number of piperazine rings is 1. The quantitative estimate of drug-likeness (QED) is 0.824. The topological polar surface area (TPSA) is 18.5 Å². The highest BCUT2D eigenvalue weighted by Crippen LogP contribution is 2.30. The number of nitrogens with one attached hydrogen (secondary N) is 1. The van der Waals surface area contributed by atoms with Crippen molar-refractivity contribution < 1.29 is 0 Å². The maximum atomic E-state index is 3.51. The lowest BCUT2D eigenvalue weighted by Gasteiger charge is -2.50. The third kappa shape index (κ3) is 3.25. The second kappa shape index (κ2) is 6.36. The van der Waals surface area contributed by atoms with Gasteiger partial charge < -0.3 is 10.2 Å². The average Bonchev–Trinajstić information content (AvgIpc) is 2.39. The Hall–Kier alpha value is -0.120. The Bertz CT molecular complexity index is 238. The van der Waals surface area contributed by atoms with Crippen molar-refractivity contribution in [3.05, 3.63) is 0 Å². The molecule has 0 spiro atoms. The molecule has 0 bridgehead atoms. The molecule has 3 nitrogen and oxygen atoms in total. The van der Waals surface area contributed by atoms with Crippen LogP contribution >= 0.6 is 0 Å². The van der Waals surface area contributed by atoms with Gasteiger partial charge in [-0.25, -0.2) is 0 Å². The van der Waals surface area contributed by atoms with E-state index in [0.29, 0.717) is 5.54 Å². The number of nitrogens with zero attached hydrogens (tertiary/aromatic N) is 2. The van der Waals surface area contributed by atoms with Gasteiger partial charge in [-0.3, -0.25) is 4.90 Å². The van der Waals surface area contributed by atoms with E-state index in [9.17, 15) is 0 Å². The van der Waals surface area contributed by atoms with Crippen LogP contribution in [0.25, 0.3) is 0 Å². The number of piperidine rings is 1. The maximum absolute atomic E-state index is 3.51. The fraction of sp³-hybridized carbons (Fsp3) is 1.00. The number of rotatable bonds is 4. The van der Waals surface area contributed by atoms with E-state index in [1.165, 1.54) is 65.1 Å². The average molecular weight is 253 g/mol. The van der Waals surface area contributed by atoms with Crippen molar-refractivity contribution in [3.8, 4) is 0 Å². The van der Waals surface area contributed by atoms with Crippen LogP contribution in [-0.2, 0) is 0 Å². The monoisotopic (exact) mass is 253 g/mol. The first-order chi connectivity index (χ1) is 8.66. The van der Waals surface area contributed by atoms with Gasteiger partial charge >= 0.3 is 0 Å². The van der Waals surface area contributed by atoms with Crippen molar-refractivity contribution >= 4 is 0 Å². The molecule has 0 amide bonds. The normalized spacial score (nSPS) is 26.7. The highest BCUT2D eigenvalue weighted by Gasteiger charge is 2.37. The lowest BCUT2D eigenvalue weighted by Crippen LogP contribution is -2.60. The molecular weight excluding hydrogens is 222 g/mol. The Morgan fingerprint density at radius 1 is 1.06 bits per heavy atom. The zero-order chi connectivity index (χ0) is 13.0. The van der Waals surface area contributed by atoms with Gasteiger partial charge in [0.25, 0.3) is 0 Å². The van der Waals surface area contributed by atoms with E-state index < -0.39 is 0 Å². The molecule has 0 saturated carbocycles. The summed E-state index contributed by atoms with van der Waals surface area (Å²) in [5, 5.41) is 3.51. The molecule has 0 aromatic carbocycles. The Kier molecular flexibility index (Phi) is 5.05. The molecule has 3 heteroatoms. The Labute approximate surface area is 113 Å². The predicted molar refractivity (Wildman–Crippen MR) is 78.0 cm³/mol. The van der Waals surface area contributed by atoms with Crippen LogP contribution in [0.15, 0.2) is 0 Å². The highest BCUT2D eigenvalue weighted by molar-refractivity contribution is 4.95. The van der Waals surface area contributed by atoms with E-state index >= 15 is 0 Å². The van der Waals surface area contributed by atoms with Gasteiger partial charge in [0, 0.05) is 38.3 Å². The standard InChI is InChI=1S/C15H31N3/c1-4-15(5-7-16-8-6-15)18-11-9-17(10-12-18)13-14(2)3/h14,16H,4-13H2,1-3H3. The molecule has 2 aliphatic heterocycles. The molecule has 0 atom stereocenters. The van der Waals surface area contributed by atoms with E-state index in [0.717, 1.165) is 5.92 Å². The van der Waals surface area contributed by atoms with Gasteiger partial charge in [-0.2, -0.15) is 0 Å². The molecular formula is C15H31N3. The summed E-state index contributed by atoms with van der Waals surface area (Å²) >= 11 is 0. The first-order valence-corrected chi connectivity index (χ1v) is 7.84. The molecule has 2 aliphatic rings. The highest BCUT2D eigenvalue weighted by atomic mass is 15.3. The van der Waals surface area contributed by atoms with Crippen LogP contribution < -0.4 is 5.32 Å². The molecule has 0 aromatic rings. The summed E-state index contributed by atoms with van der Waals surface area (Å²) in [6, 6.07) is 0. The SMILES string of the molecule is CCC1(N2CCN(CC(C)C)CC2)CCNCC1. The maximum Gasteiger partial charge on any atom is 0.0232 e. The van der Waals surface area contributed by atoms with Gasteiger partial charge in [0.1, 0.15) is 0 Å². The van der Waals surface area contributed by atoms with Gasteiger partial charge in [-0.05, 0) is 38.3 Å². The van der Waals surface area contributed by atoms with Gasteiger partial charge in [-0.15, -0.1) is 0 Å². The molecule has 2 fully saturated rings. The van der Waals surface area contributed by atoms with Crippen LogP contribution in [0.1, 0.15) is 40.0 Å². The van der Waals surface area contributed by atoms with Crippen molar-refractivity contribution in [1.29, 1.82) is 0 Å². The van der Waals surface area contributed by atoms with Crippen LogP contribution in [0.3, 0.4) is 0 Å². The number of hydrogen-bond acceptors (Lipinski definition) is 3. The van der Waals surface area contributed by atoms with Crippen molar-refractivity contribution in [2.45, 2.75) is 45.6 Å². The summed E-state index contributed by atoms with van der Waals surface area (Å²) in [5.74, 6) is 0.801. The number of hydrogen-bond donors (Lipinski definition) is 1. The first-order valence-electron chi connectivity index (χ1n) is 7.84. The van der Waals surface area contributed by atoms with Crippen LogP contribution in [0.2, 0.25) is 0 Å². The largest absolute Gasteiger partial charge is 0.317 e. The molecule has 0 radical (unpaired) electrons. The van der Waals surface area contributed by atoms with Crippen LogP contribution in [-0.4, -0.2) is 61.2 Å². The Balaban J connectivity index is 1.87. The van der Waals surface area contributed by atoms with Crippen molar-refractivity contribution in [2.24, 2.45) is 5.92 Å². The van der Waals surface area contributed by atoms with Gasteiger partial charge in [0.2, 0.25) is 0 Å². The summed E-state index contributed by atoms with van der Waals surface area (Å²) in [6.07, 6.45) is 4.00. The molecule has 2 rings (SSSR count). The molecule has 0 unspecified atom stereocenters. The zero-order valence-electron chi connectivity index (χ0n) is 12.5. The summed E-state index contributed by atoms with van der Waals surface area (Å²) in [6.45, 7) is 15.8. The Morgan fingerprint density at radius 2 is 1.67 bits per heavy atom. The van der Waals surface area contributed by atoms with E-state index in [4.69, 9.17) is 0 Å². The third-order valence-corrected chi connectivity index (χ3v) is 4.86. The van der Waals surface area contributed by atoms with E-state index in [-0.39, 0.29) is 0 Å². The lowest BCUT2D eigenvalue weighted by molar-refractivity contribution is 0.00666. The molecule has 0 aliphatic carbocycles. The van der Waals surface area contributed by atoms with Crippen LogP contribution in [0.5, 0.6) is 0 Å². The molecule has 1 N–H and O–H groups in total. The third-order valence-electron chi connectivity index (χ3n) is 4.86. The van der Waals surface area contributed by atoms with Crippen molar-refractivity contribution in [2.75, 3.05) is 45.8 Å². The molecule has 18 heavy (non-hydrogen) atoms. The fourth-order valence-electron chi connectivity index (χ4n) is 3.71. The minimum absolute atomic E-state index is 0.509. The smallest absolute Gasteiger partial charge is 0.0232 e. The summed E-state index contributed by atoms with van der Waals surface area (Å²) < 4.78 is 0. The van der Waals surface area contributed by atoms with Gasteiger partial charge in [-0.1, -0.05) is 20.8 Å². The predicted octanol–water partition coefficient (Wildman–Crippen LogP) is 1.79. The van der Waals surface area contributed by atoms with Crippen molar-refractivity contribution in [1.82, 2.24) is 15.1 Å². The molecule has 2 saturated heterocycles. The van der Waals surface area contributed by atoms with E-state index in [2.05, 4.69) is 35.9 Å². The van der Waals surface area contributed by atoms with E-state index in [1.54, 1.807) is 0 Å². The fourth-order valence-corrected chi connectivity index (χ4v) is 3.71. The second-order valence-electron chi connectivity index (χ2n) is 6.51. The zero-order valence-corrected chi connectivity index (χ0v) is 12.5. The van der Waals surface area contributed by atoms with Gasteiger partial charge in [0.15, 0.2) is 0 Å². The van der Waals surface area contributed by atoms with Gasteiger partial charge in [0.05, 0.1) is 0 Å². The minimum atomic E-state index is 0.509. The summed E-state index contributed by atoms with van der Waals surface area (Å²) in [7, 11) is 0. The molecule has 106 valence electrons. The van der Waals surface area contributed by atoms with Crippen molar-refractivity contribution in [3.63, 3.8) is 0 Å². The second-order valence-corrected chi connectivity index (χ2v) is 6.51. The van der Waals surface area contributed by atoms with E-state index in [1.807, 2.05) is 0 Å². The Morgan fingerprint density at radius 3 is 2.17 bits per heavy atom. The summed E-state index contributed by atoms with van der Waals surface area (Å²) in [4.78, 5) is 5.44. The molecule has 2 heterocycles. The minimum Gasteiger partial charge on any atom is -0.317 e. The van der Waals surface area contributed by atoms with Crippen LogP contribution in [0.4, 0.5) is 0 Å². The molecule has 0 aromatic heterocycles. The first kappa shape index (κ1) is 14.3. The lowest BCUT2D eigenvalue weighted by atomic mass is 9.83. The van der Waals surface area contributed by atoms with Crippen LogP contribution in [0, 0.1) is 5.92 Å². The summed E-state index contributed by atoms with van der Waals surface area (Å²) in [5.41, 5.74) is 0.509.